The fourth-order valence-corrected chi connectivity index (χ4v) is 4.86. The first-order chi connectivity index (χ1) is 19.3. The lowest BCUT2D eigenvalue weighted by Gasteiger charge is -2.17. The highest BCUT2D eigenvalue weighted by molar-refractivity contribution is 8.00. The molecule has 4 aromatic rings. The van der Waals surface area contributed by atoms with Gasteiger partial charge in [-0.1, -0.05) is 47.1 Å². The van der Waals surface area contributed by atoms with Crippen molar-refractivity contribution in [3.05, 3.63) is 106 Å². The number of benzene rings is 3. The summed E-state index contributed by atoms with van der Waals surface area (Å²) in [6.07, 6.45) is 2.97. The standard InChI is InChI=1S/C30H30ClN5O3S/c1-30(2,36-38)23-7-4-6-20(14-23)21-10-11-27(39-3)28(16-21)40-35-26-9-5-8-25(17-26)33-12-13-34-29(37)22-15-24(31)19-32-18-22/h4-11,14-19,33,35H,12-13H2,1-3H3,(H,34,37). The molecule has 0 radical (unpaired) electrons. The van der Waals surface area contributed by atoms with Crippen LogP contribution in [-0.2, 0) is 5.54 Å². The van der Waals surface area contributed by atoms with Crippen LogP contribution in [0.4, 0.5) is 11.4 Å². The Balaban J connectivity index is 1.37. The first kappa shape index (κ1) is 28.9. The molecule has 0 aliphatic rings. The van der Waals surface area contributed by atoms with Gasteiger partial charge in [0.05, 0.1) is 22.6 Å². The average Bonchev–Trinajstić information content (AvgIpc) is 2.98. The molecule has 0 aliphatic heterocycles. The molecule has 0 bridgehead atoms. The average molecular weight is 576 g/mol. The van der Waals surface area contributed by atoms with E-state index in [1.165, 1.54) is 24.3 Å². The number of carbonyl (C=O) groups excluding carboxylic acids is 1. The monoisotopic (exact) mass is 575 g/mol. The van der Waals surface area contributed by atoms with Crippen LogP contribution < -0.4 is 20.1 Å². The Kier molecular flexibility index (Phi) is 9.63. The van der Waals surface area contributed by atoms with Gasteiger partial charge in [0.2, 0.25) is 0 Å². The highest BCUT2D eigenvalue weighted by atomic mass is 35.5. The van der Waals surface area contributed by atoms with Crippen molar-refractivity contribution in [3.8, 4) is 16.9 Å². The number of pyridine rings is 1. The number of hydrogen-bond donors (Lipinski definition) is 3. The van der Waals surface area contributed by atoms with Crippen molar-refractivity contribution in [1.82, 2.24) is 10.3 Å². The summed E-state index contributed by atoms with van der Waals surface area (Å²) in [7, 11) is 1.64. The topological polar surface area (TPSA) is 105 Å². The van der Waals surface area contributed by atoms with Gasteiger partial charge in [-0.25, -0.2) is 0 Å². The first-order valence-electron chi connectivity index (χ1n) is 12.6. The molecule has 4 rings (SSSR count). The predicted molar refractivity (Wildman–Crippen MR) is 163 cm³/mol. The van der Waals surface area contributed by atoms with Crippen molar-refractivity contribution in [2.75, 3.05) is 30.2 Å². The lowest BCUT2D eigenvalue weighted by molar-refractivity contribution is 0.0955. The number of halogens is 1. The molecule has 0 spiro atoms. The SMILES string of the molecule is COc1ccc(-c2cccc(C(C)(C)N=O)c2)cc1SNc1cccc(NCCNC(=O)c2cncc(Cl)c2)c1. The van der Waals surface area contributed by atoms with Crippen molar-refractivity contribution >= 4 is 40.8 Å². The molecule has 206 valence electrons. The number of methoxy groups -OCH3 is 1. The second-order valence-electron chi connectivity index (χ2n) is 9.46. The summed E-state index contributed by atoms with van der Waals surface area (Å²) >= 11 is 7.35. The Bertz CT molecular complexity index is 1500. The molecular formula is C30H30ClN5O3S. The third-order valence-electron chi connectivity index (χ3n) is 6.14. The van der Waals surface area contributed by atoms with Crippen molar-refractivity contribution in [2.24, 2.45) is 5.18 Å². The van der Waals surface area contributed by atoms with E-state index in [9.17, 15) is 9.70 Å². The van der Waals surface area contributed by atoms with Crippen molar-refractivity contribution in [3.63, 3.8) is 0 Å². The summed E-state index contributed by atoms with van der Waals surface area (Å²) < 4.78 is 8.98. The van der Waals surface area contributed by atoms with E-state index in [0.717, 1.165) is 38.7 Å². The van der Waals surface area contributed by atoms with Crippen LogP contribution >= 0.6 is 23.5 Å². The molecule has 0 aliphatic carbocycles. The zero-order valence-corrected chi connectivity index (χ0v) is 24.0. The molecule has 8 nitrogen and oxygen atoms in total. The number of rotatable bonds is 12. The maximum Gasteiger partial charge on any atom is 0.252 e. The van der Waals surface area contributed by atoms with Gasteiger partial charge in [-0.05, 0) is 85.0 Å². The minimum absolute atomic E-state index is 0.226. The summed E-state index contributed by atoms with van der Waals surface area (Å²) in [5.74, 6) is 0.517. The summed E-state index contributed by atoms with van der Waals surface area (Å²) in [6.45, 7) is 4.58. The fraction of sp³-hybridized carbons (Fsp3) is 0.200. The molecule has 0 saturated heterocycles. The second-order valence-corrected chi connectivity index (χ2v) is 10.7. The first-order valence-corrected chi connectivity index (χ1v) is 13.8. The van der Waals surface area contributed by atoms with Gasteiger partial charge in [0.25, 0.3) is 5.91 Å². The molecule has 0 unspecified atom stereocenters. The lowest BCUT2D eigenvalue weighted by Crippen LogP contribution is -2.28. The van der Waals surface area contributed by atoms with E-state index in [0.29, 0.717) is 23.7 Å². The van der Waals surface area contributed by atoms with Gasteiger partial charge in [0, 0.05) is 36.9 Å². The Labute approximate surface area is 243 Å². The van der Waals surface area contributed by atoms with E-state index >= 15 is 0 Å². The Morgan fingerprint density at radius 3 is 2.52 bits per heavy atom. The Morgan fingerprint density at radius 2 is 1.75 bits per heavy atom. The van der Waals surface area contributed by atoms with Gasteiger partial charge >= 0.3 is 0 Å². The van der Waals surface area contributed by atoms with Crippen LogP contribution in [0.3, 0.4) is 0 Å². The largest absolute Gasteiger partial charge is 0.496 e. The number of nitroso groups, excluding NO2 is 1. The van der Waals surface area contributed by atoms with E-state index in [-0.39, 0.29) is 5.91 Å². The van der Waals surface area contributed by atoms with Gasteiger partial charge in [-0.3, -0.25) is 9.78 Å². The number of amides is 1. The van der Waals surface area contributed by atoms with Crippen LogP contribution in [0, 0.1) is 4.91 Å². The Hall–Kier alpha value is -4.08. The summed E-state index contributed by atoms with van der Waals surface area (Å²) in [5.41, 5.74) is 4.27. The van der Waals surface area contributed by atoms with Crippen LogP contribution in [0.5, 0.6) is 5.75 Å². The third-order valence-corrected chi connectivity index (χ3v) is 7.23. The molecule has 0 saturated carbocycles. The van der Waals surface area contributed by atoms with Crippen LogP contribution in [-0.4, -0.2) is 31.1 Å². The Morgan fingerprint density at radius 1 is 0.975 bits per heavy atom. The van der Waals surface area contributed by atoms with Crippen LogP contribution in [0.15, 0.2) is 95.3 Å². The van der Waals surface area contributed by atoms with Crippen molar-refractivity contribution in [2.45, 2.75) is 24.3 Å². The normalized spacial score (nSPS) is 11.0. The third kappa shape index (κ3) is 7.52. The molecule has 0 fully saturated rings. The maximum atomic E-state index is 12.2. The molecule has 3 aromatic carbocycles. The molecule has 1 heterocycles. The summed E-state index contributed by atoms with van der Waals surface area (Å²) in [6, 6.07) is 23.3. The van der Waals surface area contributed by atoms with Crippen LogP contribution in [0.1, 0.15) is 29.8 Å². The molecule has 10 heteroatoms. The number of ether oxygens (including phenoxy) is 1. The van der Waals surface area contributed by atoms with Crippen LogP contribution in [0.2, 0.25) is 5.02 Å². The van der Waals surface area contributed by atoms with E-state index in [1.54, 1.807) is 27.0 Å². The quantitative estimate of drug-likeness (QED) is 0.0919. The van der Waals surface area contributed by atoms with E-state index in [4.69, 9.17) is 16.3 Å². The molecular weight excluding hydrogens is 546 g/mol. The zero-order valence-electron chi connectivity index (χ0n) is 22.4. The number of nitrogens with zero attached hydrogens (tertiary/aromatic N) is 2. The van der Waals surface area contributed by atoms with Crippen LogP contribution in [0.25, 0.3) is 11.1 Å². The molecule has 3 N–H and O–H groups in total. The minimum atomic E-state index is -0.806. The van der Waals surface area contributed by atoms with Gasteiger partial charge in [-0.15, -0.1) is 4.91 Å². The predicted octanol–water partition coefficient (Wildman–Crippen LogP) is 7.37. The zero-order chi connectivity index (χ0) is 28.5. The fourth-order valence-electron chi connectivity index (χ4n) is 3.90. The molecule has 40 heavy (non-hydrogen) atoms. The number of nitrogens with one attached hydrogen (secondary N) is 3. The maximum absolute atomic E-state index is 12.2. The summed E-state index contributed by atoms with van der Waals surface area (Å²) in [5, 5.41) is 9.86. The van der Waals surface area contributed by atoms with E-state index in [1.807, 2.05) is 60.7 Å². The van der Waals surface area contributed by atoms with Gasteiger partial charge < -0.3 is 20.1 Å². The van der Waals surface area contributed by atoms with E-state index < -0.39 is 5.54 Å². The number of anilines is 2. The highest BCUT2D eigenvalue weighted by Crippen LogP contribution is 2.36. The van der Waals surface area contributed by atoms with Gasteiger partial charge in [0.15, 0.2) is 0 Å². The second kappa shape index (κ2) is 13.3. The highest BCUT2D eigenvalue weighted by Gasteiger charge is 2.21. The number of carbonyl (C=O) groups is 1. The lowest BCUT2D eigenvalue weighted by atomic mass is 9.92. The molecule has 1 amide bonds. The number of hydrogen-bond acceptors (Lipinski definition) is 8. The smallest absolute Gasteiger partial charge is 0.252 e. The summed E-state index contributed by atoms with van der Waals surface area (Å²) in [4.78, 5) is 28.4. The molecule has 1 aromatic heterocycles. The minimum Gasteiger partial charge on any atom is -0.496 e. The van der Waals surface area contributed by atoms with Crippen molar-refractivity contribution in [1.29, 1.82) is 0 Å². The van der Waals surface area contributed by atoms with E-state index in [2.05, 4.69) is 31.6 Å². The van der Waals surface area contributed by atoms with Gasteiger partial charge in [-0.2, -0.15) is 0 Å². The van der Waals surface area contributed by atoms with Crippen molar-refractivity contribution < 1.29 is 9.53 Å². The molecule has 0 atom stereocenters. The number of aromatic nitrogens is 1. The van der Waals surface area contributed by atoms with Gasteiger partial charge in [0.1, 0.15) is 11.3 Å².